The van der Waals surface area contributed by atoms with E-state index in [1.165, 1.54) is 30.7 Å². The van der Waals surface area contributed by atoms with E-state index in [-0.39, 0.29) is 28.2 Å². The molecule has 1 aliphatic heterocycles. The van der Waals surface area contributed by atoms with E-state index in [2.05, 4.69) is 46.7 Å². The summed E-state index contributed by atoms with van der Waals surface area (Å²) in [6.07, 6.45) is 3.62. The molecule has 1 aromatic heterocycles. The first-order chi connectivity index (χ1) is 24.4. The molecule has 0 bridgehead atoms. The molecule has 0 fully saturated rings. The van der Waals surface area contributed by atoms with Gasteiger partial charge in [-0.15, -0.1) is 0 Å². The Hall–Kier alpha value is -5.80. The average molecular weight is 684 g/mol. The number of nitrogens with one attached hydrogen (secondary N) is 2. The molecule has 5 aromatic carbocycles. The summed E-state index contributed by atoms with van der Waals surface area (Å²) in [7, 11) is -1.15. The maximum Gasteiger partial charge on any atom is 0.268 e. The number of carbonyl (C=O) groups excluding carboxylic acids is 1. The van der Waals surface area contributed by atoms with E-state index >= 15 is 0 Å². The van der Waals surface area contributed by atoms with Crippen LogP contribution >= 0.6 is 0 Å². The molecular weight excluding hydrogens is 647 g/mol. The fourth-order valence-electron chi connectivity index (χ4n) is 6.78. The summed E-state index contributed by atoms with van der Waals surface area (Å²) in [5.41, 5.74) is 7.33. The summed E-state index contributed by atoms with van der Waals surface area (Å²) in [6, 6.07) is 39.2. The Labute approximate surface area is 292 Å². The highest BCUT2D eigenvalue weighted by molar-refractivity contribution is 7.93. The molecule has 2 heterocycles. The number of aromatic amines is 1. The van der Waals surface area contributed by atoms with Crippen LogP contribution in [0.2, 0.25) is 0 Å². The van der Waals surface area contributed by atoms with Crippen molar-refractivity contribution < 1.29 is 22.7 Å². The van der Waals surface area contributed by atoms with E-state index in [0.29, 0.717) is 30.8 Å². The molecule has 6 aromatic rings. The quantitative estimate of drug-likeness (QED) is 0.137. The molecule has 9 heteroatoms. The normalized spacial score (nSPS) is 13.4. The van der Waals surface area contributed by atoms with E-state index in [9.17, 15) is 13.2 Å². The van der Waals surface area contributed by atoms with Crippen LogP contribution in [-0.2, 0) is 21.2 Å². The number of amides is 1. The molecule has 0 saturated carbocycles. The lowest BCUT2D eigenvalue weighted by Gasteiger charge is -2.22. The lowest BCUT2D eigenvalue weighted by atomic mass is 9.87. The molecule has 1 atom stereocenters. The molecule has 0 aliphatic carbocycles. The SMILES string of the molecule is COc1cc(/C=C/C(=O)NC[C@@H](c2ccccc2)c2c(-c3ccccc3)[nH]c3ccccc23)cc(S(=O)(=O)N2CCc3ccccc32)c1OC. The maximum absolute atomic E-state index is 14.1. The van der Waals surface area contributed by atoms with Crippen molar-refractivity contribution in [3.8, 4) is 22.8 Å². The smallest absolute Gasteiger partial charge is 0.268 e. The van der Waals surface area contributed by atoms with Gasteiger partial charge in [0.25, 0.3) is 10.0 Å². The number of methoxy groups -OCH3 is 2. The fraction of sp³-hybridized carbons (Fsp3) is 0.146. The monoisotopic (exact) mass is 683 g/mol. The Morgan fingerprint density at radius 2 is 1.58 bits per heavy atom. The van der Waals surface area contributed by atoms with Crippen LogP contribution < -0.4 is 19.1 Å². The van der Waals surface area contributed by atoms with Gasteiger partial charge in [-0.3, -0.25) is 9.10 Å². The molecule has 1 aliphatic rings. The van der Waals surface area contributed by atoms with Gasteiger partial charge in [-0.1, -0.05) is 97.1 Å². The molecule has 0 spiro atoms. The van der Waals surface area contributed by atoms with Crippen molar-refractivity contribution in [1.82, 2.24) is 10.3 Å². The van der Waals surface area contributed by atoms with Gasteiger partial charge in [0, 0.05) is 36.0 Å². The number of para-hydroxylation sites is 2. The van der Waals surface area contributed by atoms with E-state index in [0.717, 1.165) is 38.9 Å². The van der Waals surface area contributed by atoms with Crippen LogP contribution in [0.1, 0.15) is 28.2 Å². The highest BCUT2D eigenvalue weighted by Crippen LogP contribution is 2.41. The molecule has 252 valence electrons. The van der Waals surface area contributed by atoms with Crippen molar-refractivity contribution >= 4 is 38.6 Å². The summed E-state index contributed by atoms with van der Waals surface area (Å²) in [4.78, 5) is 17.1. The van der Waals surface area contributed by atoms with Crippen molar-refractivity contribution in [1.29, 1.82) is 0 Å². The molecule has 7 rings (SSSR count). The molecule has 1 amide bonds. The summed E-state index contributed by atoms with van der Waals surface area (Å²) >= 11 is 0. The Kier molecular flexibility index (Phi) is 9.15. The van der Waals surface area contributed by atoms with E-state index in [1.54, 1.807) is 18.2 Å². The zero-order valence-corrected chi connectivity index (χ0v) is 28.6. The number of hydrogen-bond acceptors (Lipinski definition) is 5. The zero-order chi connectivity index (χ0) is 34.7. The second-order valence-corrected chi connectivity index (χ2v) is 13.9. The third-order valence-corrected chi connectivity index (χ3v) is 11.0. The number of aromatic nitrogens is 1. The van der Waals surface area contributed by atoms with Crippen LogP contribution in [0.4, 0.5) is 5.69 Å². The van der Waals surface area contributed by atoms with Crippen LogP contribution in [0.3, 0.4) is 0 Å². The lowest BCUT2D eigenvalue weighted by Crippen LogP contribution is -2.29. The molecule has 50 heavy (non-hydrogen) atoms. The number of rotatable bonds is 11. The number of ether oxygens (including phenoxy) is 2. The minimum Gasteiger partial charge on any atom is -0.493 e. The van der Waals surface area contributed by atoms with Gasteiger partial charge in [0.15, 0.2) is 11.5 Å². The third-order valence-electron chi connectivity index (χ3n) is 9.15. The number of nitrogens with zero attached hydrogens (tertiary/aromatic N) is 1. The second-order valence-electron chi connectivity index (χ2n) is 12.1. The number of sulfonamides is 1. The van der Waals surface area contributed by atoms with Gasteiger partial charge in [-0.25, -0.2) is 8.42 Å². The number of fused-ring (bicyclic) bond motifs is 2. The van der Waals surface area contributed by atoms with Crippen molar-refractivity contribution in [3.63, 3.8) is 0 Å². The average Bonchev–Trinajstić information content (AvgIpc) is 3.77. The Morgan fingerprint density at radius 3 is 2.34 bits per heavy atom. The van der Waals surface area contributed by atoms with Crippen LogP contribution in [0.5, 0.6) is 11.5 Å². The van der Waals surface area contributed by atoms with Crippen LogP contribution in [0.25, 0.3) is 28.2 Å². The first-order valence-corrected chi connectivity index (χ1v) is 17.9. The van der Waals surface area contributed by atoms with E-state index < -0.39 is 10.0 Å². The van der Waals surface area contributed by atoms with Gasteiger partial charge in [-0.2, -0.15) is 0 Å². The Balaban J connectivity index is 1.19. The van der Waals surface area contributed by atoms with Gasteiger partial charge in [0.1, 0.15) is 4.90 Å². The number of H-pyrrole nitrogens is 1. The summed E-state index contributed by atoms with van der Waals surface area (Å²) in [5, 5.41) is 4.20. The summed E-state index contributed by atoms with van der Waals surface area (Å²) in [5.74, 6) is -0.129. The van der Waals surface area contributed by atoms with Crippen molar-refractivity contribution in [2.75, 3.05) is 31.6 Å². The van der Waals surface area contributed by atoms with Gasteiger partial charge in [-0.05, 0) is 64.6 Å². The molecule has 0 saturated heterocycles. The minimum atomic E-state index is -4.02. The Bertz CT molecular complexity index is 2300. The van der Waals surface area contributed by atoms with Crippen LogP contribution in [0.15, 0.2) is 132 Å². The molecule has 0 unspecified atom stereocenters. The molecule has 8 nitrogen and oxygen atoms in total. The highest BCUT2D eigenvalue weighted by Gasteiger charge is 2.34. The van der Waals surface area contributed by atoms with Crippen molar-refractivity contribution in [2.24, 2.45) is 0 Å². The fourth-order valence-corrected chi connectivity index (χ4v) is 8.49. The number of carbonyl (C=O) groups is 1. The zero-order valence-electron chi connectivity index (χ0n) is 27.8. The summed E-state index contributed by atoms with van der Waals surface area (Å²) in [6.45, 7) is 0.648. The minimum absolute atomic E-state index is 0.0342. The summed E-state index contributed by atoms with van der Waals surface area (Å²) < 4.78 is 40.7. The first-order valence-electron chi connectivity index (χ1n) is 16.4. The van der Waals surface area contributed by atoms with Crippen molar-refractivity contribution in [3.05, 3.63) is 150 Å². The molecule has 2 N–H and O–H groups in total. The standard InChI is InChI=1S/C41H37N3O5S/c1-48-36-25-28(26-37(41(36)49-2)50(46,47)44-24-23-30-15-9-12-20-35(30)44)21-22-38(45)42-27-33(29-13-5-3-6-14-29)39-32-18-10-11-19-34(32)43-40(39)31-16-7-4-8-17-31/h3-22,25-26,33,43H,23-24,27H2,1-2H3,(H,42,45)/b22-21+/t33-/m0/s1. The van der Waals surface area contributed by atoms with Gasteiger partial charge < -0.3 is 19.8 Å². The van der Waals surface area contributed by atoms with Gasteiger partial charge >= 0.3 is 0 Å². The van der Waals surface area contributed by atoms with Crippen molar-refractivity contribution in [2.45, 2.75) is 17.2 Å². The number of hydrogen-bond donors (Lipinski definition) is 2. The molecule has 0 radical (unpaired) electrons. The number of benzene rings is 5. The van der Waals surface area contributed by atoms with Crippen LogP contribution in [-0.4, -0.2) is 46.6 Å². The van der Waals surface area contributed by atoms with E-state index in [1.807, 2.05) is 66.7 Å². The second kappa shape index (κ2) is 14.0. The predicted molar refractivity (Wildman–Crippen MR) is 198 cm³/mol. The largest absolute Gasteiger partial charge is 0.493 e. The highest BCUT2D eigenvalue weighted by atomic mass is 32.2. The maximum atomic E-state index is 14.1. The first kappa shape index (κ1) is 32.7. The number of anilines is 1. The van der Waals surface area contributed by atoms with Gasteiger partial charge in [0.2, 0.25) is 5.91 Å². The van der Waals surface area contributed by atoms with Crippen LogP contribution in [0, 0.1) is 0 Å². The lowest BCUT2D eigenvalue weighted by molar-refractivity contribution is -0.116. The predicted octanol–water partition coefficient (Wildman–Crippen LogP) is 7.57. The Morgan fingerprint density at radius 1 is 0.880 bits per heavy atom. The molecular formula is C41H37N3O5S. The van der Waals surface area contributed by atoms with Gasteiger partial charge in [0.05, 0.1) is 25.6 Å². The topological polar surface area (TPSA) is 101 Å². The third kappa shape index (κ3) is 6.23. The van der Waals surface area contributed by atoms with E-state index in [4.69, 9.17) is 9.47 Å².